The van der Waals surface area contributed by atoms with Crippen LogP contribution in [0.15, 0.2) is 82.3 Å². The summed E-state index contributed by atoms with van der Waals surface area (Å²) in [7, 11) is 0. The number of nitrogens with zero attached hydrogens (tertiary/aromatic N) is 1. The van der Waals surface area contributed by atoms with Gasteiger partial charge in [-0.2, -0.15) is 0 Å². The Morgan fingerprint density at radius 2 is 1.71 bits per heavy atom. The minimum absolute atomic E-state index is 0.0381. The zero-order chi connectivity index (χ0) is 19.8. The lowest BCUT2D eigenvalue weighted by Crippen LogP contribution is -2.31. The lowest BCUT2D eigenvalue weighted by atomic mass is 10.2. The van der Waals surface area contributed by atoms with Crippen LogP contribution < -0.4 is 5.32 Å². The summed E-state index contributed by atoms with van der Waals surface area (Å²) in [4.78, 5) is 26.7. The van der Waals surface area contributed by atoms with Gasteiger partial charge < -0.3 is 14.6 Å². The number of thioether (sulfide) groups is 1. The van der Waals surface area contributed by atoms with Crippen molar-refractivity contribution in [2.45, 2.75) is 24.9 Å². The number of hydrogen-bond donors (Lipinski definition) is 1. The van der Waals surface area contributed by atoms with Crippen LogP contribution >= 0.6 is 11.8 Å². The number of anilines is 1. The van der Waals surface area contributed by atoms with E-state index in [0.29, 0.717) is 18.8 Å². The molecule has 0 aliphatic carbocycles. The van der Waals surface area contributed by atoms with Gasteiger partial charge in [0.15, 0.2) is 0 Å². The summed E-state index contributed by atoms with van der Waals surface area (Å²) in [6.45, 7) is 2.44. The van der Waals surface area contributed by atoms with Gasteiger partial charge in [0.2, 0.25) is 11.8 Å². The molecule has 28 heavy (non-hydrogen) atoms. The van der Waals surface area contributed by atoms with Gasteiger partial charge in [0, 0.05) is 24.1 Å². The molecule has 0 aliphatic rings. The van der Waals surface area contributed by atoms with Crippen LogP contribution in [0.1, 0.15) is 18.2 Å². The third-order valence-electron chi connectivity index (χ3n) is 4.03. The number of rotatable bonds is 8. The maximum absolute atomic E-state index is 12.9. The van der Waals surface area contributed by atoms with Gasteiger partial charge in [0.05, 0.1) is 18.6 Å². The molecule has 3 rings (SSSR count). The standard InChI is InChI=1S/C22H22N2O3S/c1-17(25)23-19-9-11-21(12-10-19)28-16-22(26)24(15-20-8-5-13-27-20)14-18-6-3-2-4-7-18/h2-13H,14-16H2,1H3,(H,23,25). The molecular formula is C22H22N2O3S. The first-order chi connectivity index (χ1) is 13.6. The number of hydrogen-bond acceptors (Lipinski definition) is 4. The van der Waals surface area contributed by atoms with Crippen molar-refractivity contribution in [3.63, 3.8) is 0 Å². The van der Waals surface area contributed by atoms with Gasteiger partial charge in [-0.25, -0.2) is 0 Å². The highest BCUT2D eigenvalue weighted by Crippen LogP contribution is 2.22. The molecule has 0 unspecified atom stereocenters. The number of carbonyl (C=O) groups is 2. The van der Waals surface area contributed by atoms with Crippen LogP contribution in [-0.2, 0) is 22.7 Å². The van der Waals surface area contributed by atoms with Crippen molar-refractivity contribution in [1.82, 2.24) is 4.90 Å². The average molecular weight is 394 g/mol. The predicted octanol–water partition coefficient (Wildman–Crippen LogP) is 4.56. The first-order valence-electron chi connectivity index (χ1n) is 8.94. The summed E-state index contributed by atoms with van der Waals surface area (Å²) in [6, 6.07) is 21.1. The largest absolute Gasteiger partial charge is 0.467 e. The second-order valence-electron chi connectivity index (χ2n) is 6.31. The van der Waals surface area contributed by atoms with Crippen molar-refractivity contribution in [2.75, 3.05) is 11.1 Å². The van der Waals surface area contributed by atoms with E-state index >= 15 is 0 Å². The Morgan fingerprint density at radius 1 is 0.964 bits per heavy atom. The minimum atomic E-state index is -0.106. The van der Waals surface area contributed by atoms with Crippen LogP contribution in [0.3, 0.4) is 0 Å². The summed E-state index contributed by atoms with van der Waals surface area (Å²) < 4.78 is 5.42. The topological polar surface area (TPSA) is 62.6 Å². The van der Waals surface area contributed by atoms with Crippen LogP contribution in [-0.4, -0.2) is 22.5 Å². The molecule has 0 atom stereocenters. The van der Waals surface area contributed by atoms with Gasteiger partial charge in [0.25, 0.3) is 0 Å². The number of furan rings is 1. The molecular weight excluding hydrogens is 372 g/mol. The molecule has 0 fully saturated rings. The SMILES string of the molecule is CC(=O)Nc1ccc(SCC(=O)N(Cc2ccccc2)Cc2ccco2)cc1. The predicted molar refractivity (Wildman–Crippen MR) is 111 cm³/mol. The van der Waals surface area contributed by atoms with Crippen molar-refractivity contribution >= 4 is 29.3 Å². The summed E-state index contributed by atoms with van der Waals surface area (Å²) in [5, 5.41) is 2.73. The van der Waals surface area contributed by atoms with Crippen LogP contribution in [0, 0.1) is 0 Å². The normalized spacial score (nSPS) is 10.5. The van der Waals surface area contributed by atoms with Crippen LogP contribution in [0.25, 0.3) is 0 Å². The molecule has 6 heteroatoms. The molecule has 0 spiro atoms. The van der Waals surface area contributed by atoms with Crippen molar-refractivity contribution < 1.29 is 14.0 Å². The maximum Gasteiger partial charge on any atom is 0.233 e. The highest BCUT2D eigenvalue weighted by atomic mass is 32.2. The van der Waals surface area contributed by atoms with Crippen molar-refractivity contribution in [1.29, 1.82) is 0 Å². The molecule has 2 amide bonds. The zero-order valence-electron chi connectivity index (χ0n) is 15.6. The molecule has 3 aromatic rings. The fraction of sp³-hybridized carbons (Fsp3) is 0.182. The van der Waals surface area contributed by atoms with Gasteiger partial charge in [0.1, 0.15) is 5.76 Å². The number of nitrogens with one attached hydrogen (secondary N) is 1. The van der Waals surface area contributed by atoms with E-state index < -0.39 is 0 Å². The molecule has 1 N–H and O–H groups in total. The summed E-state index contributed by atoms with van der Waals surface area (Å²) in [5.41, 5.74) is 1.82. The van der Waals surface area contributed by atoms with Gasteiger partial charge in [-0.05, 0) is 42.0 Å². The molecule has 0 radical (unpaired) electrons. The molecule has 144 valence electrons. The van der Waals surface area contributed by atoms with Crippen LogP contribution in [0.5, 0.6) is 0 Å². The third kappa shape index (κ3) is 6.03. The van der Waals surface area contributed by atoms with E-state index in [1.165, 1.54) is 18.7 Å². The highest BCUT2D eigenvalue weighted by Gasteiger charge is 2.16. The Hall–Kier alpha value is -2.99. The molecule has 2 aromatic carbocycles. The average Bonchev–Trinajstić information content (AvgIpc) is 3.20. The maximum atomic E-state index is 12.9. The van der Waals surface area contributed by atoms with Crippen LogP contribution in [0.4, 0.5) is 5.69 Å². The molecule has 0 saturated carbocycles. The summed E-state index contributed by atoms with van der Waals surface area (Å²) in [5.74, 6) is 1.02. The Morgan fingerprint density at radius 3 is 2.36 bits per heavy atom. The van der Waals surface area contributed by atoms with Gasteiger partial charge >= 0.3 is 0 Å². The first kappa shape index (κ1) is 19.8. The fourth-order valence-electron chi connectivity index (χ4n) is 2.70. The van der Waals surface area contributed by atoms with E-state index in [-0.39, 0.29) is 11.8 Å². The van der Waals surface area contributed by atoms with Crippen molar-refractivity contribution in [3.05, 3.63) is 84.3 Å². The molecule has 5 nitrogen and oxygen atoms in total. The fourth-order valence-corrected chi connectivity index (χ4v) is 3.50. The number of benzene rings is 2. The molecule has 0 saturated heterocycles. The Balaban J connectivity index is 1.62. The van der Waals surface area contributed by atoms with E-state index in [1.54, 1.807) is 11.2 Å². The van der Waals surface area contributed by atoms with E-state index in [1.807, 2.05) is 66.7 Å². The van der Waals surface area contributed by atoms with Crippen molar-refractivity contribution in [3.8, 4) is 0 Å². The van der Waals surface area contributed by atoms with E-state index in [2.05, 4.69) is 5.32 Å². The quantitative estimate of drug-likeness (QED) is 0.569. The monoisotopic (exact) mass is 394 g/mol. The number of amides is 2. The van der Waals surface area contributed by atoms with E-state index in [4.69, 9.17) is 4.42 Å². The summed E-state index contributed by atoms with van der Waals surface area (Å²) >= 11 is 1.47. The van der Waals surface area contributed by atoms with E-state index in [0.717, 1.165) is 21.9 Å². The second kappa shape index (κ2) is 9.80. The highest BCUT2D eigenvalue weighted by molar-refractivity contribution is 8.00. The number of carbonyl (C=O) groups excluding carboxylic acids is 2. The molecule has 1 aromatic heterocycles. The van der Waals surface area contributed by atoms with Gasteiger partial charge in [-0.3, -0.25) is 9.59 Å². The van der Waals surface area contributed by atoms with E-state index in [9.17, 15) is 9.59 Å². The van der Waals surface area contributed by atoms with Crippen molar-refractivity contribution in [2.24, 2.45) is 0 Å². The smallest absolute Gasteiger partial charge is 0.233 e. The Labute approximate surface area is 168 Å². The summed E-state index contributed by atoms with van der Waals surface area (Å²) in [6.07, 6.45) is 1.62. The Kier molecular flexibility index (Phi) is 6.92. The molecule has 0 aliphatic heterocycles. The first-order valence-corrected chi connectivity index (χ1v) is 9.93. The lowest BCUT2D eigenvalue weighted by Gasteiger charge is -2.22. The van der Waals surface area contributed by atoms with Gasteiger partial charge in [-0.1, -0.05) is 30.3 Å². The third-order valence-corrected chi connectivity index (χ3v) is 5.03. The minimum Gasteiger partial charge on any atom is -0.467 e. The molecule has 0 bridgehead atoms. The molecule has 1 heterocycles. The van der Waals surface area contributed by atoms with Gasteiger partial charge in [-0.15, -0.1) is 11.8 Å². The Bertz CT molecular complexity index is 893. The zero-order valence-corrected chi connectivity index (χ0v) is 16.4. The lowest BCUT2D eigenvalue weighted by molar-refractivity contribution is -0.129. The second-order valence-corrected chi connectivity index (χ2v) is 7.36. The van der Waals surface area contributed by atoms with Crippen LogP contribution in [0.2, 0.25) is 0 Å².